The molecule has 5 heteroatoms. The molecule has 0 radical (unpaired) electrons. The Labute approximate surface area is 142 Å². The van der Waals surface area contributed by atoms with Gasteiger partial charge in [0, 0.05) is 25.9 Å². The van der Waals surface area contributed by atoms with Gasteiger partial charge in [0.1, 0.15) is 0 Å². The number of nitrogens with zero attached hydrogens (tertiary/aromatic N) is 1. The first-order valence-electron chi connectivity index (χ1n) is 7.90. The number of carbonyl (C=O) groups excluding carboxylic acids is 2. The number of ether oxygens (including phenoxy) is 1. The van der Waals surface area contributed by atoms with Crippen LogP contribution in [0.25, 0.3) is 0 Å². The van der Waals surface area contributed by atoms with Gasteiger partial charge in [0.05, 0.1) is 6.54 Å². The Balaban J connectivity index is 2.10. The number of hydrogen-bond donors (Lipinski definition) is 1. The van der Waals surface area contributed by atoms with E-state index in [1.165, 1.54) is 4.90 Å². The first-order valence-corrected chi connectivity index (χ1v) is 7.90. The third-order valence-corrected chi connectivity index (χ3v) is 3.50. The fourth-order valence-electron chi connectivity index (χ4n) is 2.27. The largest absolute Gasteiger partial charge is 0.385 e. The van der Waals surface area contributed by atoms with Gasteiger partial charge in [0.25, 0.3) is 0 Å². The fraction of sp³-hybridized carbons (Fsp3) is 0.263. The minimum atomic E-state index is -0.606. The number of anilines is 1. The van der Waals surface area contributed by atoms with Gasteiger partial charge < -0.3 is 10.1 Å². The van der Waals surface area contributed by atoms with Crippen molar-refractivity contribution >= 4 is 17.5 Å². The summed E-state index contributed by atoms with van der Waals surface area (Å²) in [4.78, 5) is 26.2. The molecule has 2 aromatic rings. The van der Waals surface area contributed by atoms with E-state index >= 15 is 0 Å². The highest BCUT2D eigenvalue weighted by atomic mass is 16.5. The Morgan fingerprint density at radius 1 is 1.00 bits per heavy atom. The summed E-state index contributed by atoms with van der Waals surface area (Å²) in [5, 5.41) is 2.64. The van der Waals surface area contributed by atoms with Crippen LogP contribution in [0.1, 0.15) is 12.0 Å². The van der Waals surface area contributed by atoms with E-state index in [4.69, 9.17) is 4.74 Å². The van der Waals surface area contributed by atoms with Crippen LogP contribution in [-0.4, -0.2) is 32.1 Å². The second-order valence-electron chi connectivity index (χ2n) is 5.31. The van der Waals surface area contributed by atoms with E-state index in [2.05, 4.69) is 5.32 Å². The van der Waals surface area contributed by atoms with Crippen molar-refractivity contribution in [2.45, 2.75) is 13.0 Å². The first kappa shape index (κ1) is 17.7. The molecule has 5 nitrogen and oxygen atoms in total. The molecule has 0 unspecified atom stereocenters. The molecule has 0 fully saturated rings. The molecule has 0 spiro atoms. The lowest BCUT2D eigenvalue weighted by Crippen LogP contribution is -2.43. The lowest BCUT2D eigenvalue weighted by Gasteiger charge is -2.22. The number of benzene rings is 2. The number of para-hydroxylation sites is 1. The summed E-state index contributed by atoms with van der Waals surface area (Å²) in [6, 6.07) is 18.8. The van der Waals surface area contributed by atoms with Crippen LogP contribution in [0.3, 0.4) is 0 Å². The van der Waals surface area contributed by atoms with Crippen molar-refractivity contribution in [1.29, 1.82) is 0 Å². The Morgan fingerprint density at radius 3 is 2.25 bits per heavy atom. The molecule has 0 aliphatic carbocycles. The number of hydrogen-bond acceptors (Lipinski definition) is 3. The van der Waals surface area contributed by atoms with Gasteiger partial charge in [0.2, 0.25) is 0 Å². The van der Waals surface area contributed by atoms with Crippen LogP contribution in [0.5, 0.6) is 0 Å². The van der Waals surface area contributed by atoms with Gasteiger partial charge in [0.15, 0.2) is 0 Å². The van der Waals surface area contributed by atoms with E-state index in [-0.39, 0.29) is 0 Å². The number of nitrogens with one attached hydrogen (secondary N) is 1. The molecule has 24 heavy (non-hydrogen) atoms. The summed E-state index contributed by atoms with van der Waals surface area (Å²) in [5.41, 5.74) is 1.65. The van der Waals surface area contributed by atoms with Gasteiger partial charge in [-0.2, -0.15) is 0 Å². The summed E-state index contributed by atoms with van der Waals surface area (Å²) in [6.07, 6.45) is 0.666. The molecule has 0 bridgehead atoms. The topological polar surface area (TPSA) is 58.6 Å². The molecule has 0 aliphatic heterocycles. The number of rotatable bonds is 7. The van der Waals surface area contributed by atoms with Crippen molar-refractivity contribution in [2.24, 2.45) is 0 Å². The van der Waals surface area contributed by atoms with Gasteiger partial charge in [-0.25, -0.2) is 0 Å². The molecule has 0 atom stereocenters. The summed E-state index contributed by atoms with van der Waals surface area (Å²) in [7, 11) is 1.60. The van der Waals surface area contributed by atoms with Crippen LogP contribution in [0.2, 0.25) is 0 Å². The molecule has 1 N–H and O–H groups in total. The Bertz CT molecular complexity index is 644. The molecule has 2 amide bonds. The van der Waals surface area contributed by atoms with Crippen LogP contribution in [0, 0.1) is 0 Å². The van der Waals surface area contributed by atoms with Crippen LogP contribution in [-0.2, 0) is 20.9 Å². The fourth-order valence-corrected chi connectivity index (χ4v) is 2.27. The van der Waals surface area contributed by atoms with Crippen molar-refractivity contribution in [3.63, 3.8) is 0 Å². The highest BCUT2D eigenvalue weighted by molar-refractivity contribution is 6.40. The smallest absolute Gasteiger partial charge is 0.316 e. The first-order chi connectivity index (χ1) is 11.7. The maximum absolute atomic E-state index is 12.6. The highest BCUT2D eigenvalue weighted by Crippen LogP contribution is 2.17. The second kappa shape index (κ2) is 9.47. The monoisotopic (exact) mass is 326 g/mol. The van der Waals surface area contributed by atoms with Crippen LogP contribution < -0.4 is 10.2 Å². The third-order valence-electron chi connectivity index (χ3n) is 3.50. The lowest BCUT2D eigenvalue weighted by molar-refractivity contribution is -0.137. The number of amides is 2. The van der Waals surface area contributed by atoms with E-state index in [0.29, 0.717) is 31.8 Å². The second-order valence-corrected chi connectivity index (χ2v) is 5.31. The number of carbonyl (C=O) groups is 2. The standard InChI is InChI=1S/C19H22N2O3/c1-24-14-8-13-20-18(22)19(23)21(17-11-6-3-7-12-17)15-16-9-4-2-5-10-16/h2-7,9-12H,8,13-15H2,1H3,(H,20,22). The van der Waals surface area contributed by atoms with Crippen LogP contribution in [0.4, 0.5) is 5.69 Å². The molecular formula is C19H22N2O3. The molecule has 2 aromatic carbocycles. The highest BCUT2D eigenvalue weighted by Gasteiger charge is 2.23. The van der Waals surface area contributed by atoms with E-state index in [1.54, 1.807) is 7.11 Å². The van der Waals surface area contributed by atoms with Crippen LogP contribution in [0.15, 0.2) is 60.7 Å². The summed E-state index contributed by atoms with van der Waals surface area (Å²) in [5.74, 6) is -1.17. The molecule has 0 aromatic heterocycles. The molecular weight excluding hydrogens is 304 g/mol. The van der Waals surface area contributed by atoms with Gasteiger partial charge in [-0.1, -0.05) is 48.5 Å². The zero-order valence-electron chi connectivity index (χ0n) is 13.8. The number of methoxy groups -OCH3 is 1. The summed E-state index contributed by atoms with van der Waals surface area (Å²) >= 11 is 0. The Kier molecular flexibility index (Phi) is 6.98. The zero-order valence-corrected chi connectivity index (χ0v) is 13.8. The van der Waals surface area contributed by atoms with Crippen molar-refractivity contribution in [2.75, 3.05) is 25.2 Å². The van der Waals surface area contributed by atoms with Crippen molar-refractivity contribution in [3.8, 4) is 0 Å². The van der Waals surface area contributed by atoms with Crippen LogP contribution >= 0.6 is 0 Å². The summed E-state index contributed by atoms with van der Waals surface area (Å²) < 4.78 is 4.93. The van der Waals surface area contributed by atoms with Crippen molar-refractivity contribution < 1.29 is 14.3 Å². The average molecular weight is 326 g/mol. The van der Waals surface area contributed by atoms with Gasteiger partial charge >= 0.3 is 11.8 Å². The summed E-state index contributed by atoms with van der Waals surface area (Å²) in [6.45, 7) is 1.29. The molecule has 0 heterocycles. The predicted molar refractivity (Wildman–Crippen MR) is 93.6 cm³/mol. The quantitative estimate of drug-likeness (QED) is 0.628. The minimum Gasteiger partial charge on any atom is -0.385 e. The van der Waals surface area contributed by atoms with Gasteiger partial charge in [-0.05, 0) is 24.1 Å². The third kappa shape index (κ3) is 5.21. The van der Waals surface area contributed by atoms with Crippen molar-refractivity contribution in [3.05, 3.63) is 66.2 Å². The van der Waals surface area contributed by atoms with E-state index in [0.717, 1.165) is 5.56 Å². The maximum Gasteiger partial charge on any atom is 0.316 e. The van der Waals surface area contributed by atoms with E-state index in [1.807, 2.05) is 60.7 Å². The molecule has 0 aliphatic rings. The SMILES string of the molecule is COCCCNC(=O)C(=O)N(Cc1ccccc1)c1ccccc1. The van der Waals surface area contributed by atoms with Gasteiger partial charge in [-0.15, -0.1) is 0 Å². The Hall–Kier alpha value is -2.66. The van der Waals surface area contributed by atoms with E-state index in [9.17, 15) is 9.59 Å². The molecule has 2 rings (SSSR count). The zero-order chi connectivity index (χ0) is 17.2. The maximum atomic E-state index is 12.6. The van der Waals surface area contributed by atoms with Gasteiger partial charge in [-0.3, -0.25) is 14.5 Å². The predicted octanol–water partition coefficient (Wildman–Crippen LogP) is 2.37. The molecule has 126 valence electrons. The van der Waals surface area contributed by atoms with E-state index < -0.39 is 11.8 Å². The lowest BCUT2D eigenvalue weighted by atomic mass is 10.2. The molecule has 0 saturated heterocycles. The average Bonchev–Trinajstić information content (AvgIpc) is 2.64. The minimum absolute atomic E-state index is 0.342. The Morgan fingerprint density at radius 2 is 1.62 bits per heavy atom. The molecule has 0 saturated carbocycles. The normalized spacial score (nSPS) is 10.2. The van der Waals surface area contributed by atoms with Crippen molar-refractivity contribution in [1.82, 2.24) is 5.32 Å².